The van der Waals surface area contributed by atoms with E-state index in [-0.39, 0.29) is 0 Å². The molecule has 0 aliphatic heterocycles. The third-order valence-corrected chi connectivity index (χ3v) is 8.80. The van der Waals surface area contributed by atoms with Crippen LogP contribution in [0.4, 0.5) is 0 Å². The molecule has 0 bridgehead atoms. The van der Waals surface area contributed by atoms with E-state index >= 15 is 0 Å². The minimum Gasteiger partial charge on any atom is -0.278 e. The molecule has 0 saturated heterocycles. The zero-order valence-corrected chi connectivity index (χ0v) is 25.0. The standard InChI is InChI=1S/C40H28N6/c1-5-33-34-6-2-22-42-38(34)45(37(33)41-21-1)31-17-13-29(14-18-31)25-27-9-11-28(12-10-27)26-30-15-19-32(20-16-30)46-39-35(7-3-23-43-39)36-8-4-24-44-40(36)46/h1-24H,25-26H2. The summed E-state index contributed by atoms with van der Waals surface area (Å²) in [6.45, 7) is 0. The molecular formula is C40H28N6. The Hall–Kier alpha value is -6.14. The first-order valence-corrected chi connectivity index (χ1v) is 15.5. The van der Waals surface area contributed by atoms with E-state index in [1.165, 1.54) is 22.3 Å². The van der Waals surface area contributed by atoms with Crippen molar-refractivity contribution in [2.24, 2.45) is 0 Å². The van der Waals surface area contributed by atoms with E-state index in [2.05, 4.69) is 126 Å². The summed E-state index contributed by atoms with van der Waals surface area (Å²) in [5.41, 5.74) is 10.9. The van der Waals surface area contributed by atoms with Gasteiger partial charge < -0.3 is 0 Å². The molecule has 6 nitrogen and oxygen atoms in total. The van der Waals surface area contributed by atoms with Gasteiger partial charge >= 0.3 is 0 Å². The van der Waals surface area contributed by atoms with Crippen LogP contribution >= 0.6 is 0 Å². The van der Waals surface area contributed by atoms with Gasteiger partial charge in [-0.1, -0.05) is 48.5 Å². The lowest BCUT2D eigenvalue weighted by molar-refractivity contribution is 1.09. The fourth-order valence-corrected chi connectivity index (χ4v) is 6.60. The lowest BCUT2D eigenvalue weighted by Gasteiger charge is -2.09. The first kappa shape index (κ1) is 26.3. The third kappa shape index (κ3) is 4.42. The molecule has 0 spiro atoms. The lowest BCUT2D eigenvalue weighted by atomic mass is 10.00. The van der Waals surface area contributed by atoms with E-state index in [4.69, 9.17) is 0 Å². The van der Waals surface area contributed by atoms with Crippen molar-refractivity contribution in [2.75, 3.05) is 0 Å². The quantitative estimate of drug-likeness (QED) is 0.194. The molecule has 0 aliphatic carbocycles. The Morgan fingerprint density at radius 2 is 0.587 bits per heavy atom. The molecule has 0 fully saturated rings. The zero-order chi connectivity index (χ0) is 30.5. The second kappa shape index (κ2) is 10.8. The van der Waals surface area contributed by atoms with Gasteiger partial charge in [0.25, 0.3) is 0 Å². The van der Waals surface area contributed by atoms with Crippen LogP contribution in [0, 0.1) is 0 Å². The molecule has 6 heteroatoms. The summed E-state index contributed by atoms with van der Waals surface area (Å²) >= 11 is 0. The number of nitrogens with zero attached hydrogens (tertiary/aromatic N) is 6. The van der Waals surface area contributed by atoms with E-state index in [9.17, 15) is 0 Å². The number of pyridine rings is 4. The molecule has 0 aliphatic rings. The number of hydrogen-bond donors (Lipinski definition) is 0. The van der Waals surface area contributed by atoms with Gasteiger partial charge in [0.1, 0.15) is 22.6 Å². The largest absolute Gasteiger partial charge is 0.278 e. The SMILES string of the molecule is c1cnc2c(c1)c1cccnc1n2-c1ccc(Cc2ccc(Cc3ccc(-n4c5ncccc5c5cccnc54)cc3)cc2)cc1. The molecule has 9 rings (SSSR count). The van der Waals surface area contributed by atoms with Crippen LogP contribution in [0.15, 0.2) is 146 Å². The molecule has 9 aromatic rings. The van der Waals surface area contributed by atoms with Crippen LogP contribution in [0.1, 0.15) is 22.3 Å². The van der Waals surface area contributed by atoms with Gasteiger partial charge in [0.2, 0.25) is 0 Å². The van der Waals surface area contributed by atoms with Gasteiger partial charge in [-0.25, -0.2) is 19.9 Å². The van der Waals surface area contributed by atoms with Crippen LogP contribution < -0.4 is 0 Å². The van der Waals surface area contributed by atoms with E-state index in [1.54, 1.807) is 0 Å². The van der Waals surface area contributed by atoms with Crippen LogP contribution in [0.25, 0.3) is 55.5 Å². The first-order valence-electron chi connectivity index (χ1n) is 15.5. The molecule has 0 radical (unpaired) electrons. The van der Waals surface area contributed by atoms with E-state index in [0.717, 1.165) is 68.4 Å². The van der Waals surface area contributed by atoms with Crippen LogP contribution in [0.5, 0.6) is 0 Å². The van der Waals surface area contributed by atoms with E-state index in [1.807, 2.05) is 49.1 Å². The van der Waals surface area contributed by atoms with Crippen LogP contribution in [-0.4, -0.2) is 29.1 Å². The van der Waals surface area contributed by atoms with Gasteiger partial charge in [0, 0.05) is 57.7 Å². The van der Waals surface area contributed by atoms with Gasteiger partial charge in [-0.05, 0) is 108 Å². The Morgan fingerprint density at radius 1 is 0.326 bits per heavy atom. The first-order chi connectivity index (χ1) is 22.8. The Bertz CT molecular complexity index is 2220. The fraction of sp³-hybridized carbons (Fsp3) is 0.0500. The normalized spacial score (nSPS) is 11.7. The average Bonchev–Trinajstić information content (AvgIpc) is 3.63. The van der Waals surface area contributed by atoms with Crippen molar-refractivity contribution in [3.8, 4) is 11.4 Å². The summed E-state index contributed by atoms with van der Waals surface area (Å²) in [6, 6.07) is 42.8. The molecule has 0 unspecified atom stereocenters. The predicted molar refractivity (Wildman–Crippen MR) is 185 cm³/mol. The summed E-state index contributed by atoms with van der Waals surface area (Å²) in [7, 11) is 0. The predicted octanol–water partition coefficient (Wildman–Crippen LogP) is 8.64. The summed E-state index contributed by atoms with van der Waals surface area (Å²) in [5, 5.41) is 4.46. The monoisotopic (exact) mass is 592 g/mol. The van der Waals surface area contributed by atoms with Gasteiger partial charge in [-0.15, -0.1) is 0 Å². The van der Waals surface area contributed by atoms with Crippen molar-refractivity contribution in [2.45, 2.75) is 12.8 Å². The van der Waals surface area contributed by atoms with Gasteiger partial charge in [0.05, 0.1) is 0 Å². The maximum Gasteiger partial charge on any atom is 0.146 e. The Labute approximate surface area is 265 Å². The van der Waals surface area contributed by atoms with Crippen LogP contribution in [0.3, 0.4) is 0 Å². The summed E-state index contributed by atoms with van der Waals surface area (Å²) in [6.07, 6.45) is 9.11. The van der Waals surface area contributed by atoms with Crippen molar-refractivity contribution in [1.82, 2.24) is 29.1 Å². The number of benzene rings is 3. The molecule has 6 heterocycles. The zero-order valence-electron chi connectivity index (χ0n) is 25.0. The molecule has 3 aromatic carbocycles. The molecular weight excluding hydrogens is 564 g/mol. The highest BCUT2D eigenvalue weighted by Gasteiger charge is 2.15. The van der Waals surface area contributed by atoms with Gasteiger partial charge in [-0.2, -0.15) is 0 Å². The number of rotatable bonds is 6. The minimum absolute atomic E-state index is 0.875. The Morgan fingerprint density at radius 3 is 0.870 bits per heavy atom. The second-order valence-corrected chi connectivity index (χ2v) is 11.7. The van der Waals surface area contributed by atoms with Crippen LogP contribution in [0.2, 0.25) is 0 Å². The maximum absolute atomic E-state index is 4.68. The molecule has 0 amide bonds. The molecule has 218 valence electrons. The van der Waals surface area contributed by atoms with Crippen molar-refractivity contribution in [1.29, 1.82) is 0 Å². The number of hydrogen-bond acceptors (Lipinski definition) is 4. The number of fused-ring (bicyclic) bond motifs is 6. The topological polar surface area (TPSA) is 61.4 Å². The summed E-state index contributed by atoms with van der Waals surface area (Å²) < 4.78 is 4.29. The lowest BCUT2D eigenvalue weighted by Crippen LogP contribution is -1.98. The van der Waals surface area contributed by atoms with E-state index in [0.29, 0.717) is 0 Å². The highest BCUT2D eigenvalue weighted by molar-refractivity contribution is 6.07. The Kier molecular flexibility index (Phi) is 6.16. The second-order valence-electron chi connectivity index (χ2n) is 11.7. The van der Waals surface area contributed by atoms with Gasteiger partial charge in [0.15, 0.2) is 0 Å². The summed E-state index contributed by atoms with van der Waals surface area (Å²) in [5.74, 6) is 0. The summed E-state index contributed by atoms with van der Waals surface area (Å²) in [4.78, 5) is 18.7. The fourth-order valence-electron chi connectivity index (χ4n) is 6.60. The number of aromatic nitrogens is 6. The van der Waals surface area contributed by atoms with Gasteiger partial charge in [-0.3, -0.25) is 9.13 Å². The molecule has 0 saturated carbocycles. The van der Waals surface area contributed by atoms with Crippen molar-refractivity contribution in [3.05, 3.63) is 168 Å². The highest BCUT2D eigenvalue weighted by atomic mass is 15.1. The highest BCUT2D eigenvalue weighted by Crippen LogP contribution is 2.31. The maximum atomic E-state index is 4.68. The van der Waals surface area contributed by atoms with Crippen molar-refractivity contribution < 1.29 is 0 Å². The van der Waals surface area contributed by atoms with E-state index < -0.39 is 0 Å². The molecule has 6 aromatic heterocycles. The minimum atomic E-state index is 0.875. The smallest absolute Gasteiger partial charge is 0.146 e. The van der Waals surface area contributed by atoms with Crippen molar-refractivity contribution >= 4 is 44.1 Å². The average molecular weight is 593 g/mol. The molecule has 46 heavy (non-hydrogen) atoms. The van der Waals surface area contributed by atoms with Crippen molar-refractivity contribution in [3.63, 3.8) is 0 Å². The Balaban J connectivity index is 0.920. The molecule has 0 N–H and O–H groups in total. The third-order valence-electron chi connectivity index (χ3n) is 8.80. The molecule has 0 atom stereocenters. The van der Waals surface area contributed by atoms with Crippen LogP contribution in [-0.2, 0) is 12.8 Å².